The molecule has 1 N–H and O–H groups in total. The van der Waals surface area contributed by atoms with Gasteiger partial charge in [-0.25, -0.2) is 0 Å². The van der Waals surface area contributed by atoms with Crippen LogP contribution in [0.4, 0.5) is 0 Å². The molecular formula is C14H25N3O2. The van der Waals surface area contributed by atoms with E-state index in [1.165, 1.54) is 32.1 Å². The Bertz CT molecular complexity index is 361. The fourth-order valence-corrected chi connectivity index (χ4v) is 2.92. The third kappa shape index (κ3) is 4.58. The first-order valence-electron chi connectivity index (χ1n) is 7.43. The van der Waals surface area contributed by atoms with Gasteiger partial charge in [0.15, 0.2) is 0 Å². The molecule has 0 atom stereocenters. The lowest BCUT2D eigenvalue weighted by Crippen LogP contribution is -2.39. The molecule has 5 nitrogen and oxygen atoms in total. The third-order valence-electron chi connectivity index (χ3n) is 3.88. The maximum atomic E-state index is 9.20. The Kier molecular flexibility index (Phi) is 5.79. The van der Waals surface area contributed by atoms with Gasteiger partial charge in [0.1, 0.15) is 0 Å². The van der Waals surface area contributed by atoms with Crippen LogP contribution in [0, 0.1) is 6.92 Å². The lowest BCUT2D eigenvalue weighted by molar-refractivity contribution is 0.122. The molecule has 0 spiro atoms. The van der Waals surface area contributed by atoms with E-state index in [1.807, 2.05) is 6.92 Å². The third-order valence-corrected chi connectivity index (χ3v) is 3.88. The first-order chi connectivity index (χ1) is 9.29. The molecular weight excluding hydrogens is 242 g/mol. The van der Waals surface area contributed by atoms with Gasteiger partial charge in [-0.2, -0.15) is 0 Å². The van der Waals surface area contributed by atoms with Gasteiger partial charge in [0.25, 0.3) is 0 Å². The van der Waals surface area contributed by atoms with Crippen LogP contribution < -0.4 is 0 Å². The summed E-state index contributed by atoms with van der Waals surface area (Å²) < 4.78 is 5.38. The van der Waals surface area contributed by atoms with E-state index in [-0.39, 0.29) is 6.61 Å². The van der Waals surface area contributed by atoms with Gasteiger partial charge in [-0.05, 0) is 25.8 Å². The van der Waals surface area contributed by atoms with E-state index in [0.717, 1.165) is 31.8 Å². The Hall–Kier alpha value is -0.940. The van der Waals surface area contributed by atoms with Crippen LogP contribution in [0.5, 0.6) is 0 Å². The summed E-state index contributed by atoms with van der Waals surface area (Å²) in [5.74, 6) is 1.36. The van der Waals surface area contributed by atoms with Crippen molar-refractivity contribution in [1.82, 2.24) is 15.1 Å². The van der Waals surface area contributed by atoms with Crippen molar-refractivity contribution >= 4 is 0 Å². The minimum Gasteiger partial charge on any atom is -0.426 e. The molecule has 1 aromatic heterocycles. The average molecular weight is 267 g/mol. The average Bonchev–Trinajstić information content (AvgIpc) is 2.84. The van der Waals surface area contributed by atoms with Gasteiger partial charge in [-0.3, -0.25) is 4.90 Å². The molecule has 0 radical (unpaired) electrons. The normalized spacial score (nSPS) is 17.2. The van der Waals surface area contributed by atoms with Gasteiger partial charge in [0.05, 0.1) is 6.61 Å². The highest BCUT2D eigenvalue weighted by atomic mass is 16.4. The van der Waals surface area contributed by atoms with Crippen LogP contribution in [0.3, 0.4) is 0 Å². The van der Waals surface area contributed by atoms with Gasteiger partial charge in [-0.15, -0.1) is 10.2 Å². The van der Waals surface area contributed by atoms with Gasteiger partial charge in [0.2, 0.25) is 11.8 Å². The molecule has 1 aliphatic rings. The summed E-state index contributed by atoms with van der Waals surface area (Å²) in [4.78, 5) is 2.43. The highest BCUT2D eigenvalue weighted by molar-refractivity contribution is 4.81. The molecule has 0 amide bonds. The number of aliphatic hydroxyl groups is 1. The SMILES string of the molecule is Cc1nnc(CCCN(CCO)C2CCCCC2)o1. The molecule has 0 unspecified atom stereocenters. The highest BCUT2D eigenvalue weighted by Crippen LogP contribution is 2.22. The van der Waals surface area contributed by atoms with Crippen LogP contribution >= 0.6 is 0 Å². The molecule has 1 aliphatic carbocycles. The van der Waals surface area contributed by atoms with E-state index in [0.29, 0.717) is 11.9 Å². The number of aryl methyl sites for hydroxylation is 2. The Morgan fingerprint density at radius 2 is 2.00 bits per heavy atom. The van der Waals surface area contributed by atoms with Crippen molar-refractivity contribution in [3.8, 4) is 0 Å². The number of hydrogen-bond acceptors (Lipinski definition) is 5. The predicted octanol–water partition coefficient (Wildman–Crippen LogP) is 1.94. The van der Waals surface area contributed by atoms with Crippen LogP contribution in [0.25, 0.3) is 0 Å². The van der Waals surface area contributed by atoms with Crippen molar-refractivity contribution in [3.63, 3.8) is 0 Å². The summed E-state index contributed by atoms with van der Waals surface area (Å²) in [5.41, 5.74) is 0. The van der Waals surface area contributed by atoms with Gasteiger partial charge >= 0.3 is 0 Å². The van der Waals surface area contributed by atoms with Crippen molar-refractivity contribution in [2.75, 3.05) is 19.7 Å². The van der Waals surface area contributed by atoms with E-state index in [1.54, 1.807) is 0 Å². The summed E-state index contributed by atoms with van der Waals surface area (Å²) in [6, 6.07) is 0.658. The zero-order valence-corrected chi connectivity index (χ0v) is 11.8. The highest BCUT2D eigenvalue weighted by Gasteiger charge is 2.20. The summed E-state index contributed by atoms with van der Waals surface area (Å²) in [6.45, 7) is 3.85. The number of aromatic nitrogens is 2. The Morgan fingerprint density at radius 1 is 1.21 bits per heavy atom. The molecule has 1 aromatic rings. The van der Waals surface area contributed by atoms with E-state index < -0.39 is 0 Å². The molecule has 1 heterocycles. The Morgan fingerprint density at radius 3 is 2.63 bits per heavy atom. The summed E-state index contributed by atoms with van der Waals surface area (Å²) in [6.07, 6.45) is 8.42. The van der Waals surface area contributed by atoms with Crippen molar-refractivity contribution < 1.29 is 9.52 Å². The standard InChI is InChI=1S/C14H25N3O2/c1-12-15-16-14(19-12)8-5-9-17(10-11-18)13-6-3-2-4-7-13/h13,18H,2-11H2,1H3. The first kappa shape index (κ1) is 14.5. The number of rotatable bonds is 7. The Balaban J connectivity index is 1.76. The lowest BCUT2D eigenvalue weighted by atomic mass is 9.94. The summed E-state index contributed by atoms with van der Waals surface area (Å²) in [7, 11) is 0. The van der Waals surface area contributed by atoms with Crippen molar-refractivity contribution in [3.05, 3.63) is 11.8 Å². The number of nitrogens with zero attached hydrogens (tertiary/aromatic N) is 3. The van der Waals surface area contributed by atoms with E-state index in [4.69, 9.17) is 4.42 Å². The second-order valence-electron chi connectivity index (χ2n) is 5.37. The summed E-state index contributed by atoms with van der Waals surface area (Å²) in [5, 5.41) is 17.1. The summed E-state index contributed by atoms with van der Waals surface area (Å²) >= 11 is 0. The van der Waals surface area contributed by atoms with E-state index in [9.17, 15) is 5.11 Å². The second kappa shape index (κ2) is 7.60. The van der Waals surface area contributed by atoms with Crippen molar-refractivity contribution in [2.24, 2.45) is 0 Å². The van der Waals surface area contributed by atoms with Gasteiger partial charge in [0, 0.05) is 25.9 Å². The fraction of sp³-hybridized carbons (Fsp3) is 0.857. The fourth-order valence-electron chi connectivity index (χ4n) is 2.92. The maximum Gasteiger partial charge on any atom is 0.216 e. The topological polar surface area (TPSA) is 62.4 Å². The Labute approximate surface area is 115 Å². The van der Waals surface area contributed by atoms with Gasteiger partial charge < -0.3 is 9.52 Å². The van der Waals surface area contributed by atoms with Crippen molar-refractivity contribution in [1.29, 1.82) is 0 Å². The smallest absolute Gasteiger partial charge is 0.216 e. The lowest BCUT2D eigenvalue weighted by Gasteiger charge is -2.33. The van der Waals surface area contributed by atoms with E-state index >= 15 is 0 Å². The zero-order valence-electron chi connectivity index (χ0n) is 11.8. The largest absolute Gasteiger partial charge is 0.426 e. The van der Waals surface area contributed by atoms with Crippen LogP contribution in [-0.4, -0.2) is 45.9 Å². The van der Waals surface area contributed by atoms with Crippen LogP contribution in [-0.2, 0) is 6.42 Å². The molecule has 0 aliphatic heterocycles. The zero-order chi connectivity index (χ0) is 13.5. The molecule has 1 fully saturated rings. The maximum absolute atomic E-state index is 9.20. The monoisotopic (exact) mass is 267 g/mol. The quantitative estimate of drug-likeness (QED) is 0.818. The molecule has 0 bridgehead atoms. The second-order valence-corrected chi connectivity index (χ2v) is 5.37. The molecule has 2 rings (SSSR count). The number of aliphatic hydroxyl groups excluding tert-OH is 1. The molecule has 1 saturated carbocycles. The molecule has 108 valence electrons. The van der Waals surface area contributed by atoms with Crippen LogP contribution in [0.1, 0.15) is 50.3 Å². The predicted molar refractivity (Wildman–Crippen MR) is 72.9 cm³/mol. The van der Waals surface area contributed by atoms with Crippen LogP contribution in [0.15, 0.2) is 4.42 Å². The first-order valence-corrected chi connectivity index (χ1v) is 7.43. The molecule has 0 saturated heterocycles. The van der Waals surface area contributed by atoms with Crippen molar-refractivity contribution in [2.45, 2.75) is 57.9 Å². The number of hydrogen-bond donors (Lipinski definition) is 1. The van der Waals surface area contributed by atoms with Crippen LogP contribution in [0.2, 0.25) is 0 Å². The molecule has 19 heavy (non-hydrogen) atoms. The van der Waals surface area contributed by atoms with Gasteiger partial charge in [-0.1, -0.05) is 19.3 Å². The van der Waals surface area contributed by atoms with E-state index in [2.05, 4.69) is 15.1 Å². The minimum atomic E-state index is 0.246. The molecule has 5 heteroatoms. The minimum absolute atomic E-state index is 0.246. The molecule has 0 aromatic carbocycles.